The Morgan fingerprint density at radius 2 is 1.76 bits per heavy atom. The minimum Gasteiger partial charge on any atom is -0.470 e. The molecule has 0 amide bonds. The smallest absolute Gasteiger partial charge is 0.203 e. The number of rotatable bonds is 3. The highest BCUT2D eigenvalue weighted by Gasteiger charge is 2.50. The molecule has 2 atom stereocenters. The van der Waals surface area contributed by atoms with Crippen LogP contribution in [0, 0.1) is 12.3 Å². The van der Waals surface area contributed by atoms with Gasteiger partial charge < -0.3 is 4.74 Å². The molecular weight excluding hydrogens is 258 g/mol. The van der Waals surface area contributed by atoms with Crippen molar-refractivity contribution in [2.75, 3.05) is 0 Å². The molecule has 0 unspecified atom stereocenters. The summed E-state index contributed by atoms with van der Waals surface area (Å²) < 4.78 is 5.94. The van der Waals surface area contributed by atoms with Crippen LogP contribution < -0.4 is 0 Å². The van der Waals surface area contributed by atoms with Crippen LogP contribution >= 0.6 is 0 Å². The summed E-state index contributed by atoms with van der Waals surface area (Å²) in [6, 6.07) is 18.3. The summed E-state index contributed by atoms with van der Waals surface area (Å²) in [6.45, 7) is 8.16. The monoisotopic (exact) mass is 277 g/mol. The number of benzene rings is 2. The highest BCUT2D eigenvalue weighted by molar-refractivity contribution is 5.92. The second-order valence-corrected chi connectivity index (χ2v) is 5.65. The first kappa shape index (κ1) is 13.6. The predicted octanol–water partition coefficient (Wildman–Crippen LogP) is 4.99. The van der Waals surface area contributed by atoms with Gasteiger partial charge in [-0.2, -0.15) is 0 Å². The maximum Gasteiger partial charge on any atom is 0.203 e. The molecule has 0 aliphatic carbocycles. The van der Waals surface area contributed by atoms with Gasteiger partial charge in [0, 0.05) is 0 Å². The number of hydrogen-bond donors (Lipinski definition) is 0. The van der Waals surface area contributed by atoms with E-state index in [-0.39, 0.29) is 11.5 Å². The summed E-state index contributed by atoms with van der Waals surface area (Å²) >= 11 is 0. The van der Waals surface area contributed by atoms with Gasteiger partial charge in [-0.15, -0.1) is 6.58 Å². The third kappa shape index (κ3) is 2.38. The highest BCUT2D eigenvalue weighted by atomic mass is 16.5. The Morgan fingerprint density at radius 3 is 2.38 bits per heavy atom. The summed E-state index contributed by atoms with van der Waals surface area (Å²) in [5.74, 6) is 0.732. The maximum absolute atomic E-state index is 5.94. The van der Waals surface area contributed by atoms with Gasteiger partial charge in [-0.25, -0.2) is 4.99 Å². The van der Waals surface area contributed by atoms with E-state index in [1.165, 1.54) is 5.56 Å². The maximum atomic E-state index is 5.94. The fraction of sp³-hybridized carbons (Fsp3) is 0.211. The van der Waals surface area contributed by atoms with Crippen LogP contribution in [0.1, 0.15) is 24.2 Å². The lowest BCUT2D eigenvalue weighted by Gasteiger charge is -2.46. The van der Waals surface area contributed by atoms with Crippen LogP contribution in [-0.4, -0.2) is 5.90 Å². The van der Waals surface area contributed by atoms with E-state index in [1.54, 1.807) is 0 Å². The molecule has 2 heteroatoms. The van der Waals surface area contributed by atoms with E-state index in [1.807, 2.05) is 36.4 Å². The molecule has 2 aromatic carbocycles. The number of aliphatic imine (C=N–C) groups is 1. The Hall–Kier alpha value is -2.35. The molecule has 0 N–H and O–H groups in total. The van der Waals surface area contributed by atoms with Gasteiger partial charge in [0.25, 0.3) is 0 Å². The molecule has 2 nitrogen and oxygen atoms in total. The van der Waals surface area contributed by atoms with Crippen molar-refractivity contribution in [3.63, 3.8) is 0 Å². The molecule has 21 heavy (non-hydrogen) atoms. The Kier molecular flexibility index (Phi) is 3.38. The third-order valence-corrected chi connectivity index (χ3v) is 4.03. The van der Waals surface area contributed by atoms with Crippen molar-refractivity contribution in [3.05, 3.63) is 78.4 Å². The van der Waals surface area contributed by atoms with Crippen LogP contribution in [-0.2, 0) is 4.74 Å². The first-order valence-electron chi connectivity index (χ1n) is 7.14. The normalized spacial score (nSPS) is 26.0. The standard InChI is InChI=1S/C19H19NO/c1-4-19(3)17(15-8-6-5-7-9-15)21-18(19)20-16-12-10-14(2)11-13-16/h4-13,17H,1H2,2-3H3/t17-,19+/m1/s1. The van der Waals surface area contributed by atoms with E-state index in [0.717, 1.165) is 17.1 Å². The highest BCUT2D eigenvalue weighted by Crippen LogP contribution is 2.49. The minimum atomic E-state index is -0.258. The Morgan fingerprint density at radius 1 is 1.10 bits per heavy atom. The fourth-order valence-corrected chi connectivity index (χ4v) is 2.53. The Labute approximate surface area is 125 Å². The molecule has 1 aliphatic rings. The van der Waals surface area contributed by atoms with E-state index in [0.29, 0.717) is 0 Å². The lowest BCUT2D eigenvalue weighted by Crippen LogP contribution is -2.47. The summed E-state index contributed by atoms with van der Waals surface area (Å²) in [4.78, 5) is 4.63. The SMILES string of the molecule is C=C[C@]1(C)C(=Nc2ccc(C)cc2)O[C@@H]1c1ccccc1. The molecule has 0 saturated carbocycles. The van der Waals surface area contributed by atoms with E-state index in [2.05, 4.69) is 49.7 Å². The van der Waals surface area contributed by atoms with E-state index in [4.69, 9.17) is 4.74 Å². The van der Waals surface area contributed by atoms with Crippen molar-refractivity contribution >= 4 is 11.6 Å². The molecule has 1 fully saturated rings. The van der Waals surface area contributed by atoms with E-state index >= 15 is 0 Å². The predicted molar refractivity (Wildman–Crippen MR) is 86.8 cm³/mol. The Bertz CT molecular complexity index is 672. The lowest BCUT2D eigenvalue weighted by atomic mass is 9.75. The average molecular weight is 277 g/mol. The first-order valence-corrected chi connectivity index (χ1v) is 7.14. The third-order valence-electron chi connectivity index (χ3n) is 4.03. The largest absolute Gasteiger partial charge is 0.470 e. The van der Waals surface area contributed by atoms with Crippen molar-refractivity contribution in [1.82, 2.24) is 0 Å². The summed E-state index contributed by atoms with van der Waals surface area (Å²) in [6.07, 6.45) is 1.92. The van der Waals surface area contributed by atoms with Crippen LogP contribution in [0.25, 0.3) is 0 Å². The van der Waals surface area contributed by atoms with Crippen LogP contribution in [0.3, 0.4) is 0 Å². The van der Waals surface area contributed by atoms with Crippen molar-refractivity contribution < 1.29 is 4.74 Å². The molecule has 1 heterocycles. The zero-order chi connectivity index (χ0) is 14.9. The minimum absolute atomic E-state index is 0.0135. The van der Waals surface area contributed by atoms with E-state index < -0.39 is 0 Å². The molecule has 1 saturated heterocycles. The van der Waals surface area contributed by atoms with Crippen LogP contribution in [0.15, 0.2) is 72.2 Å². The zero-order valence-corrected chi connectivity index (χ0v) is 12.4. The molecule has 0 radical (unpaired) electrons. The number of hydrogen-bond acceptors (Lipinski definition) is 2. The van der Waals surface area contributed by atoms with Gasteiger partial charge in [-0.1, -0.05) is 54.1 Å². The summed E-state index contributed by atoms with van der Waals surface area (Å²) in [5.41, 5.74) is 3.03. The molecule has 0 bridgehead atoms. The van der Waals surface area contributed by atoms with Gasteiger partial charge in [0.2, 0.25) is 5.90 Å². The molecule has 0 aromatic heterocycles. The van der Waals surface area contributed by atoms with Gasteiger partial charge in [0.1, 0.15) is 11.5 Å². The van der Waals surface area contributed by atoms with Gasteiger partial charge in [-0.05, 0) is 31.5 Å². The summed E-state index contributed by atoms with van der Waals surface area (Å²) in [7, 11) is 0. The average Bonchev–Trinajstić information content (AvgIpc) is 2.52. The quantitative estimate of drug-likeness (QED) is 0.724. The van der Waals surface area contributed by atoms with Crippen molar-refractivity contribution in [2.45, 2.75) is 20.0 Å². The van der Waals surface area contributed by atoms with Crippen LogP contribution in [0.4, 0.5) is 5.69 Å². The number of aryl methyl sites for hydroxylation is 1. The summed E-state index contributed by atoms with van der Waals surface area (Å²) in [5, 5.41) is 0. The lowest BCUT2D eigenvalue weighted by molar-refractivity contribution is 0.0196. The second-order valence-electron chi connectivity index (χ2n) is 5.65. The molecular formula is C19H19NO. The van der Waals surface area contributed by atoms with Gasteiger partial charge in [-0.3, -0.25) is 0 Å². The van der Waals surface area contributed by atoms with Crippen LogP contribution in [0.5, 0.6) is 0 Å². The zero-order valence-electron chi connectivity index (χ0n) is 12.4. The van der Waals surface area contributed by atoms with Crippen molar-refractivity contribution in [2.24, 2.45) is 10.4 Å². The number of nitrogens with zero attached hydrogens (tertiary/aromatic N) is 1. The van der Waals surface area contributed by atoms with Gasteiger partial charge in [0.15, 0.2) is 0 Å². The molecule has 2 aromatic rings. The van der Waals surface area contributed by atoms with Crippen molar-refractivity contribution in [1.29, 1.82) is 0 Å². The van der Waals surface area contributed by atoms with Crippen molar-refractivity contribution in [3.8, 4) is 0 Å². The van der Waals surface area contributed by atoms with E-state index in [9.17, 15) is 0 Å². The Balaban J connectivity index is 1.89. The number of ether oxygens (including phenoxy) is 1. The van der Waals surface area contributed by atoms with Crippen LogP contribution in [0.2, 0.25) is 0 Å². The molecule has 1 aliphatic heterocycles. The topological polar surface area (TPSA) is 21.6 Å². The van der Waals surface area contributed by atoms with Gasteiger partial charge >= 0.3 is 0 Å². The molecule has 3 rings (SSSR count). The fourth-order valence-electron chi connectivity index (χ4n) is 2.53. The second kappa shape index (κ2) is 5.21. The first-order chi connectivity index (χ1) is 10.1. The molecule has 0 spiro atoms. The van der Waals surface area contributed by atoms with Gasteiger partial charge in [0.05, 0.1) is 5.69 Å². The molecule has 106 valence electrons.